The summed E-state index contributed by atoms with van der Waals surface area (Å²) in [5, 5.41) is 50.7. The smallest absolute Gasteiger partial charge is 0.191 e. The number of aliphatic hydroxyl groups is 4. The van der Waals surface area contributed by atoms with E-state index in [0.717, 1.165) is 12.2 Å². The molecule has 2 aromatic rings. The Hall–Kier alpha value is -1.57. The molecule has 0 radical (unpaired) electrons. The molecule has 0 unspecified atom stereocenters. The van der Waals surface area contributed by atoms with Gasteiger partial charge in [0.1, 0.15) is 12.2 Å². The number of ether oxygens (including phenoxy) is 1. The first-order valence-corrected chi connectivity index (χ1v) is 10.3. The minimum absolute atomic E-state index is 0.0610. The van der Waals surface area contributed by atoms with E-state index in [1.54, 1.807) is 0 Å². The second-order valence-corrected chi connectivity index (χ2v) is 7.54. The van der Waals surface area contributed by atoms with Gasteiger partial charge in [0.05, 0.1) is 32.0 Å². The van der Waals surface area contributed by atoms with Crippen molar-refractivity contribution in [2.75, 3.05) is 37.4 Å². The molecule has 0 amide bonds. The molecule has 0 spiro atoms. The van der Waals surface area contributed by atoms with E-state index in [1.807, 2.05) is 0 Å². The molecule has 156 valence electrons. The molecule has 5 N–H and O–H groups in total. The maximum absolute atomic E-state index is 10.5. The van der Waals surface area contributed by atoms with Crippen LogP contribution in [0.25, 0.3) is 11.2 Å². The summed E-state index contributed by atoms with van der Waals surface area (Å²) in [6, 6.07) is -0.576. The largest absolute Gasteiger partial charge is 0.395 e. The van der Waals surface area contributed by atoms with Crippen molar-refractivity contribution in [3.8, 4) is 0 Å². The molecule has 12 heteroatoms. The van der Waals surface area contributed by atoms with Crippen LogP contribution in [0, 0.1) is 0 Å². The molecule has 1 fully saturated rings. The first kappa shape index (κ1) is 21.1. The van der Waals surface area contributed by atoms with E-state index in [9.17, 15) is 10.2 Å². The third-order valence-electron chi connectivity index (χ3n) is 4.48. The number of aromatic nitrogens is 5. The van der Waals surface area contributed by atoms with Crippen molar-refractivity contribution in [2.45, 2.75) is 49.3 Å². The number of fused-ring (bicyclic) bond motifs is 1. The monoisotopic (exact) mass is 414 g/mol. The summed E-state index contributed by atoms with van der Waals surface area (Å²) in [5.74, 6) is 1.30. The minimum atomic E-state index is -1.11. The fraction of sp³-hybridized carbons (Fsp3) is 0.750. The maximum Gasteiger partial charge on any atom is 0.191 e. The summed E-state index contributed by atoms with van der Waals surface area (Å²) in [6.07, 6.45) is -1.56. The van der Waals surface area contributed by atoms with Gasteiger partial charge < -0.3 is 30.5 Å². The second-order valence-electron chi connectivity index (χ2n) is 6.48. The summed E-state index contributed by atoms with van der Waals surface area (Å²) in [6.45, 7) is 2.22. The number of anilines is 1. The third-order valence-corrected chi connectivity index (χ3v) is 5.53. The molecule has 4 atom stereocenters. The maximum atomic E-state index is 10.5. The van der Waals surface area contributed by atoms with Crippen LogP contribution in [0.2, 0.25) is 0 Å². The molecule has 0 bridgehead atoms. The number of rotatable bonds is 10. The van der Waals surface area contributed by atoms with E-state index in [2.05, 4.69) is 32.5 Å². The second kappa shape index (κ2) is 9.76. The van der Waals surface area contributed by atoms with E-state index in [-0.39, 0.29) is 19.8 Å². The number of nitrogens with one attached hydrogen (secondary N) is 1. The highest BCUT2D eigenvalue weighted by atomic mass is 32.2. The average molecular weight is 414 g/mol. The number of nitrogens with zero attached hydrogens (tertiary/aromatic N) is 5. The van der Waals surface area contributed by atoms with Gasteiger partial charge in [-0.2, -0.15) is 0 Å². The van der Waals surface area contributed by atoms with Gasteiger partial charge in [0.25, 0.3) is 0 Å². The standard InChI is InChI=1S/C16H26N6O5S/c1-2-7-28-16-18-14(17-3-4-23)11-15(19-16)22(21-20-11)9-8-10(27-6-5-24)13(26)12(9)25/h9-10,12-13,23-26H,2-8H2,1H3,(H,17,18,19)/t9-,10+,12+,13-/m1/s1. The average Bonchev–Trinajstić information content (AvgIpc) is 3.24. The van der Waals surface area contributed by atoms with E-state index >= 15 is 0 Å². The van der Waals surface area contributed by atoms with Crippen LogP contribution in [0.1, 0.15) is 25.8 Å². The van der Waals surface area contributed by atoms with Crippen LogP contribution < -0.4 is 5.32 Å². The minimum Gasteiger partial charge on any atom is -0.395 e. The lowest BCUT2D eigenvalue weighted by Crippen LogP contribution is -2.33. The zero-order chi connectivity index (χ0) is 20.1. The predicted molar refractivity (Wildman–Crippen MR) is 102 cm³/mol. The van der Waals surface area contributed by atoms with Crippen molar-refractivity contribution in [1.29, 1.82) is 0 Å². The Balaban J connectivity index is 1.94. The Labute approximate surface area is 166 Å². The van der Waals surface area contributed by atoms with Crippen molar-refractivity contribution in [2.24, 2.45) is 0 Å². The van der Waals surface area contributed by atoms with Crippen LogP contribution in [0.4, 0.5) is 5.82 Å². The van der Waals surface area contributed by atoms with Crippen molar-refractivity contribution < 1.29 is 25.2 Å². The highest BCUT2D eigenvalue weighted by Gasteiger charge is 2.44. The van der Waals surface area contributed by atoms with Crippen LogP contribution in [0.15, 0.2) is 5.16 Å². The Morgan fingerprint density at radius 3 is 2.75 bits per heavy atom. The summed E-state index contributed by atoms with van der Waals surface area (Å²) in [5.41, 5.74) is 0.865. The Bertz CT molecular complexity index is 777. The molecule has 11 nitrogen and oxygen atoms in total. The molecule has 2 aromatic heterocycles. The van der Waals surface area contributed by atoms with E-state index in [1.165, 1.54) is 16.4 Å². The van der Waals surface area contributed by atoms with Crippen LogP contribution in [0.3, 0.4) is 0 Å². The lowest BCUT2D eigenvalue weighted by atomic mass is 10.2. The quantitative estimate of drug-likeness (QED) is 0.244. The first-order valence-electron chi connectivity index (χ1n) is 9.29. The molecular weight excluding hydrogens is 388 g/mol. The van der Waals surface area contributed by atoms with Gasteiger partial charge in [0, 0.05) is 18.7 Å². The van der Waals surface area contributed by atoms with Gasteiger partial charge in [-0.05, 0) is 6.42 Å². The number of aliphatic hydroxyl groups excluding tert-OH is 4. The van der Waals surface area contributed by atoms with Crippen molar-refractivity contribution >= 4 is 28.7 Å². The Morgan fingerprint density at radius 1 is 1.21 bits per heavy atom. The van der Waals surface area contributed by atoms with Gasteiger partial charge in [-0.15, -0.1) is 5.10 Å². The highest BCUT2D eigenvalue weighted by Crippen LogP contribution is 2.35. The van der Waals surface area contributed by atoms with Crippen molar-refractivity contribution in [1.82, 2.24) is 25.0 Å². The summed E-state index contributed by atoms with van der Waals surface area (Å²) < 4.78 is 6.92. The van der Waals surface area contributed by atoms with Crippen LogP contribution in [-0.4, -0.2) is 95.8 Å². The van der Waals surface area contributed by atoms with E-state index in [4.69, 9.17) is 14.9 Å². The van der Waals surface area contributed by atoms with Gasteiger partial charge in [-0.1, -0.05) is 23.9 Å². The van der Waals surface area contributed by atoms with Crippen molar-refractivity contribution in [3.63, 3.8) is 0 Å². The normalized spacial score (nSPS) is 24.9. The molecule has 1 aliphatic carbocycles. The Morgan fingerprint density at radius 2 is 2.04 bits per heavy atom. The fourth-order valence-corrected chi connectivity index (χ4v) is 3.86. The van der Waals surface area contributed by atoms with E-state index in [0.29, 0.717) is 35.1 Å². The van der Waals surface area contributed by atoms with Gasteiger partial charge in [-0.25, -0.2) is 14.6 Å². The number of thioether (sulfide) groups is 1. The molecule has 3 rings (SSSR count). The summed E-state index contributed by atoms with van der Waals surface area (Å²) in [7, 11) is 0. The molecule has 2 heterocycles. The van der Waals surface area contributed by atoms with Gasteiger partial charge >= 0.3 is 0 Å². The Kier molecular flexibility index (Phi) is 7.37. The molecular formula is C16H26N6O5S. The molecule has 1 saturated carbocycles. The van der Waals surface area contributed by atoms with E-state index < -0.39 is 24.4 Å². The van der Waals surface area contributed by atoms with Crippen LogP contribution in [0.5, 0.6) is 0 Å². The first-order chi connectivity index (χ1) is 13.6. The van der Waals surface area contributed by atoms with Crippen LogP contribution >= 0.6 is 11.8 Å². The number of hydrogen-bond donors (Lipinski definition) is 5. The summed E-state index contributed by atoms with van der Waals surface area (Å²) in [4.78, 5) is 9.00. The fourth-order valence-electron chi connectivity index (χ4n) is 3.17. The van der Waals surface area contributed by atoms with Crippen LogP contribution in [-0.2, 0) is 4.74 Å². The molecule has 0 saturated heterocycles. The van der Waals surface area contributed by atoms with Gasteiger partial charge in [0.15, 0.2) is 22.1 Å². The number of hydrogen-bond acceptors (Lipinski definition) is 11. The zero-order valence-electron chi connectivity index (χ0n) is 15.6. The molecule has 0 aromatic carbocycles. The molecule has 0 aliphatic heterocycles. The predicted octanol–water partition coefficient (Wildman–Crippen LogP) is -0.828. The SMILES string of the molecule is CCCSc1nc(NCCO)c2nnn([C@@H]3C[C@H](OCCO)[C@@H](O)[C@H]3O)c2n1. The highest BCUT2D eigenvalue weighted by molar-refractivity contribution is 7.99. The van der Waals surface area contributed by atoms with Crippen molar-refractivity contribution in [3.05, 3.63) is 0 Å². The zero-order valence-corrected chi connectivity index (χ0v) is 16.4. The molecule has 1 aliphatic rings. The van der Waals surface area contributed by atoms with Gasteiger partial charge in [0.2, 0.25) is 0 Å². The third kappa shape index (κ3) is 4.36. The lowest BCUT2D eigenvalue weighted by Gasteiger charge is -2.17. The lowest BCUT2D eigenvalue weighted by molar-refractivity contribution is -0.0629. The van der Waals surface area contributed by atoms with Gasteiger partial charge in [-0.3, -0.25) is 0 Å². The molecule has 28 heavy (non-hydrogen) atoms. The topological polar surface area (TPSA) is 159 Å². The summed E-state index contributed by atoms with van der Waals surface area (Å²) >= 11 is 1.49.